The largest absolute Gasteiger partial charge is 0.393 e. The van der Waals surface area contributed by atoms with E-state index in [2.05, 4.69) is 13.8 Å². The number of rotatable bonds is 24. The standard InChI is InChI=1S/C28H54O3.2Mg.4H/c1-3-5-7-9-11-13-15-17-19-21-23-25-27(29)31-28(30)26-24-22-20-18-16-14-12-10-8-6-4-2;;;;;;/h3-26H2,1-2H3;;;;;;. The Hall–Kier alpha value is 0.672. The molecule has 0 spiro atoms. The summed E-state index contributed by atoms with van der Waals surface area (Å²) in [5, 5.41) is 0. The Morgan fingerprint density at radius 2 is 0.606 bits per heavy atom. The summed E-state index contributed by atoms with van der Waals surface area (Å²) >= 11 is 0. The van der Waals surface area contributed by atoms with Crippen LogP contribution in [0, 0.1) is 0 Å². The fourth-order valence-electron chi connectivity index (χ4n) is 4.10. The van der Waals surface area contributed by atoms with Crippen LogP contribution in [0.3, 0.4) is 0 Å². The molecule has 0 aliphatic rings. The molecule has 0 atom stereocenters. The molecule has 0 aromatic carbocycles. The molecule has 0 fully saturated rings. The average Bonchev–Trinajstić information content (AvgIpc) is 2.75. The fraction of sp³-hybridized carbons (Fsp3) is 0.929. The highest BCUT2D eigenvalue weighted by Gasteiger charge is 2.09. The molecule has 0 rings (SSSR count). The van der Waals surface area contributed by atoms with E-state index in [9.17, 15) is 9.59 Å². The van der Waals surface area contributed by atoms with Gasteiger partial charge < -0.3 is 4.74 Å². The van der Waals surface area contributed by atoms with Crippen LogP contribution in [0.4, 0.5) is 0 Å². The summed E-state index contributed by atoms with van der Waals surface area (Å²) in [4.78, 5) is 23.5. The van der Waals surface area contributed by atoms with Crippen LogP contribution in [-0.2, 0) is 14.3 Å². The average molecular weight is 491 g/mol. The topological polar surface area (TPSA) is 43.4 Å². The molecule has 0 saturated carbocycles. The molecule has 33 heavy (non-hydrogen) atoms. The lowest BCUT2D eigenvalue weighted by Gasteiger charge is -2.05. The van der Waals surface area contributed by atoms with Gasteiger partial charge in [0.25, 0.3) is 0 Å². The van der Waals surface area contributed by atoms with E-state index < -0.39 is 0 Å². The molecule has 3 nitrogen and oxygen atoms in total. The van der Waals surface area contributed by atoms with Crippen molar-refractivity contribution < 1.29 is 14.3 Å². The molecule has 0 radical (unpaired) electrons. The van der Waals surface area contributed by atoms with E-state index in [1.807, 2.05) is 0 Å². The van der Waals surface area contributed by atoms with Gasteiger partial charge in [0, 0.05) is 12.8 Å². The summed E-state index contributed by atoms with van der Waals surface area (Å²) in [6.45, 7) is 4.51. The molecule has 0 aliphatic carbocycles. The number of esters is 2. The predicted octanol–water partition coefficient (Wildman–Crippen LogP) is 7.63. The Bertz CT molecular complexity index is 367. The van der Waals surface area contributed by atoms with Crippen molar-refractivity contribution >= 4 is 58.0 Å². The summed E-state index contributed by atoms with van der Waals surface area (Å²) in [6, 6.07) is 0. The first-order valence-electron chi connectivity index (χ1n) is 13.9. The third-order valence-corrected chi connectivity index (χ3v) is 6.20. The van der Waals surface area contributed by atoms with Gasteiger partial charge >= 0.3 is 58.0 Å². The van der Waals surface area contributed by atoms with Gasteiger partial charge in [-0.25, -0.2) is 0 Å². The van der Waals surface area contributed by atoms with Crippen molar-refractivity contribution in [2.75, 3.05) is 0 Å². The first kappa shape index (κ1) is 38.2. The zero-order valence-electron chi connectivity index (χ0n) is 21.2. The Balaban J connectivity index is -0.00000450. The molecule has 0 aliphatic heterocycles. The maximum Gasteiger partial charge on any atom is 0.316 e. The number of unbranched alkanes of at least 4 members (excludes halogenated alkanes) is 20. The van der Waals surface area contributed by atoms with E-state index in [1.54, 1.807) is 0 Å². The van der Waals surface area contributed by atoms with Gasteiger partial charge in [-0.2, -0.15) is 0 Å². The maximum absolute atomic E-state index is 11.8. The number of carbonyl (C=O) groups excluding carboxylic acids is 2. The second-order valence-electron chi connectivity index (χ2n) is 9.42. The molecule has 0 saturated heterocycles. The van der Waals surface area contributed by atoms with Gasteiger partial charge in [-0.05, 0) is 12.8 Å². The van der Waals surface area contributed by atoms with Crippen molar-refractivity contribution in [3.8, 4) is 0 Å². The molecule has 192 valence electrons. The van der Waals surface area contributed by atoms with Gasteiger partial charge in [0.15, 0.2) is 0 Å². The van der Waals surface area contributed by atoms with Crippen molar-refractivity contribution in [1.82, 2.24) is 0 Å². The summed E-state index contributed by atoms with van der Waals surface area (Å²) in [7, 11) is 0. The minimum Gasteiger partial charge on any atom is -0.393 e. The van der Waals surface area contributed by atoms with E-state index in [4.69, 9.17) is 4.74 Å². The molecule has 0 unspecified atom stereocenters. The van der Waals surface area contributed by atoms with Gasteiger partial charge in [-0.3, -0.25) is 9.59 Å². The zero-order valence-corrected chi connectivity index (χ0v) is 21.2. The molecule has 0 bridgehead atoms. The first-order chi connectivity index (χ1) is 15.2. The normalized spacial score (nSPS) is 10.4. The monoisotopic (exact) mass is 490 g/mol. The van der Waals surface area contributed by atoms with Crippen LogP contribution in [0.15, 0.2) is 0 Å². The zero-order chi connectivity index (χ0) is 22.8. The Morgan fingerprint density at radius 3 is 0.848 bits per heavy atom. The molecule has 5 heteroatoms. The summed E-state index contributed by atoms with van der Waals surface area (Å²) in [5.41, 5.74) is 0. The van der Waals surface area contributed by atoms with Crippen molar-refractivity contribution in [2.45, 2.75) is 168 Å². The second kappa shape index (κ2) is 32.7. The number of ether oxygens (including phenoxy) is 1. The van der Waals surface area contributed by atoms with E-state index in [1.165, 1.54) is 116 Å². The smallest absolute Gasteiger partial charge is 0.316 e. The molecule has 0 N–H and O–H groups in total. The van der Waals surface area contributed by atoms with Crippen LogP contribution in [0.1, 0.15) is 168 Å². The van der Waals surface area contributed by atoms with Gasteiger partial charge in [-0.1, -0.05) is 142 Å². The lowest BCUT2D eigenvalue weighted by atomic mass is 10.1. The quantitative estimate of drug-likeness (QED) is 0.0604. The number of hydrogen-bond donors (Lipinski definition) is 0. The van der Waals surface area contributed by atoms with Crippen molar-refractivity contribution in [3.05, 3.63) is 0 Å². The van der Waals surface area contributed by atoms with Crippen LogP contribution in [-0.4, -0.2) is 58.0 Å². The predicted molar refractivity (Wildman–Crippen MR) is 150 cm³/mol. The lowest BCUT2D eigenvalue weighted by molar-refractivity contribution is -0.159. The van der Waals surface area contributed by atoms with Gasteiger partial charge in [0.1, 0.15) is 0 Å². The molecular weight excluding hydrogens is 433 g/mol. The van der Waals surface area contributed by atoms with Crippen LogP contribution >= 0.6 is 0 Å². The second-order valence-corrected chi connectivity index (χ2v) is 9.42. The molecule has 0 heterocycles. The minimum absolute atomic E-state index is 0. The Morgan fingerprint density at radius 1 is 0.394 bits per heavy atom. The molecule has 0 aromatic rings. The first-order valence-corrected chi connectivity index (χ1v) is 13.9. The highest BCUT2D eigenvalue weighted by Crippen LogP contribution is 2.14. The highest BCUT2D eigenvalue weighted by molar-refractivity contribution is 5.85. The minimum atomic E-state index is -0.330. The van der Waals surface area contributed by atoms with Crippen molar-refractivity contribution in [1.29, 1.82) is 0 Å². The van der Waals surface area contributed by atoms with Crippen molar-refractivity contribution in [2.24, 2.45) is 0 Å². The van der Waals surface area contributed by atoms with Crippen LogP contribution in [0.2, 0.25) is 0 Å². The lowest BCUT2D eigenvalue weighted by Crippen LogP contribution is -2.11. The van der Waals surface area contributed by atoms with Gasteiger partial charge in [0.05, 0.1) is 0 Å². The molecule has 0 amide bonds. The van der Waals surface area contributed by atoms with Crippen molar-refractivity contribution in [3.63, 3.8) is 0 Å². The summed E-state index contributed by atoms with van der Waals surface area (Å²) in [6.07, 6.45) is 28.5. The van der Waals surface area contributed by atoms with E-state index >= 15 is 0 Å². The van der Waals surface area contributed by atoms with E-state index in [0.29, 0.717) is 12.8 Å². The molecule has 0 aromatic heterocycles. The highest BCUT2D eigenvalue weighted by atomic mass is 24.3. The van der Waals surface area contributed by atoms with Crippen LogP contribution in [0.25, 0.3) is 0 Å². The maximum atomic E-state index is 11.8. The van der Waals surface area contributed by atoms with Gasteiger partial charge in [-0.15, -0.1) is 0 Å². The molecular formula is C28H58Mg2O3. The summed E-state index contributed by atoms with van der Waals surface area (Å²) in [5.74, 6) is -0.659. The van der Waals surface area contributed by atoms with E-state index in [-0.39, 0.29) is 58.0 Å². The Labute approximate surface area is 239 Å². The SMILES string of the molecule is CCCCCCCCCCCCCC(=O)OC(=O)CCCCCCCCCCCCC.[MgH2].[MgH2]. The number of hydrogen-bond acceptors (Lipinski definition) is 3. The summed E-state index contributed by atoms with van der Waals surface area (Å²) < 4.78 is 4.96. The Kier molecular flexibility index (Phi) is 37.8. The third-order valence-electron chi connectivity index (χ3n) is 6.20. The number of carbonyl (C=O) groups is 2. The van der Waals surface area contributed by atoms with Gasteiger partial charge in [0.2, 0.25) is 0 Å². The van der Waals surface area contributed by atoms with E-state index in [0.717, 1.165) is 25.7 Å². The van der Waals surface area contributed by atoms with Crippen LogP contribution < -0.4 is 0 Å². The fourth-order valence-corrected chi connectivity index (χ4v) is 4.10. The third kappa shape index (κ3) is 32.7. The van der Waals surface area contributed by atoms with Crippen LogP contribution in [0.5, 0.6) is 0 Å².